The molecule has 0 aliphatic heterocycles. The number of ether oxygens (including phenoxy) is 1. The molecule has 21 heavy (non-hydrogen) atoms. The molecule has 1 aromatic rings. The highest BCUT2D eigenvalue weighted by Crippen LogP contribution is 2.24. The minimum atomic E-state index is -0.576. The molecule has 0 aliphatic carbocycles. The van der Waals surface area contributed by atoms with Gasteiger partial charge in [-0.2, -0.15) is 0 Å². The highest BCUT2D eigenvalue weighted by Gasteiger charge is 2.20. The zero-order valence-electron chi connectivity index (χ0n) is 12.3. The van der Waals surface area contributed by atoms with Crippen LogP contribution < -0.4 is 10.1 Å². The van der Waals surface area contributed by atoms with Gasteiger partial charge in [-0.05, 0) is 18.4 Å². The number of nitro benzene ring substituents is 1. The summed E-state index contributed by atoms with van der Waals surface area (Å²) in [7, 11) is 1.38. The lowest BCUT2D eigenvalue weighted by Gasteiger charge is -2.19. The van der Waals surface area contributed by atoms with Crippen LogP contribution >= 0.6 is 0 Å². The van der Waals surface area contributed by atoms with Crippen molar-refractivity contribution in [2.24, 2.45) is 5.92 Å². The first-order valence-electron chi connectivity index (χ1n) is 6.63. The molecule has 7 nitrogen and oxygen atoms in total. The van der Waals surface area contributed by atoms with E-state index >= 15 is 0 Å². The molecule has 2 N–H and O–H groups in total. The number of carbonyl (C=O) groups is 1. The highest BCUT2D eigenvalue weighted by atomic mass is 16.6. The summed E-state index contributed by atoms with van der Waals surface area (Å²) in [5.41, 5.74) is -0.112. The zero-order valence-corrected chi connectivity index (χ0v) is 12.3. The fraction of sp³-hybridized carbons (Fsp3) is 0.500. The summed E-state index contributed by atoms with van der Waals surface area (Å²) in [5, 5.41) is 22.7. The van der Waals surface area contributed by atoms with Gasteiger partial charge in [0.2, 0.25) is 0 Å². The topological polar surface area (TPSA) is 102 Å². The van der Waals surface area contributed by atoms with Crippen LogP contribution in [0.2, 0.25) is 0 Å². The van der Waals surface area contributed by atoms with Crippen LogP contribution in [0.25, 0.3) is 0 Å². The molecule has 0 saturated carbocycles. The number of methoxy groups -OCH3 is 1. The molecule has 0 radical (unpaired) electrons. The molecule has 0 aliphatic rings. The lowest BCUT2D eigenvalue weighted by atomic mass is 10.0. The molecular formula is C14H20N2O5. The SMILES string of the molecule is COc1ccc([N+](=O)[O-])cc1C(=O)NC(CO)CC(C)C. The second-order valence-corrected chi connectivity index (χ2v) is 5.12. The summed E-state index contributed by atoms with van der Waals surface area (Å²) in [6.45, 7) is 3.76. The van der Waals surface area contributed by atoms with Crippen molar-refractivity contribution in [3.63, 3.8) is 0 Å². The number of nitrogens with one attached hydrogen (secondary N) is 1. The van der Waals surface area contributed by atoms with E-state index in [4.69, 9.17) is 4.74 Å². The number of hydrogen-bond acceptors (Lipinski definition) is 5. The molecule has 1 unspecified atom stereocenters. The molecule has 7 heteroatoms. The Morgan fingerprint density at radius 3 is 2.62 bits per heavy atom. The number of carbonyl (C=O) groups excluding carboxylic acids is 1. The maximum Gasteiger partial charge on any atom is 0.270 e. The maximum absolute atomic E-state index is 12.2. The minimum absolute atomic E-state index is 0.0777. The summed E-state index contributed by atoms with van der Waals surface area (Å²) in [6.07, 6.45) is 0.611. The van der Waals surface area contributed by atoms with Gasteiger partial charge >= 0.3 is 0 Å². The lowest BCUT2D eigenvalue weighted by Crippen LogP contribution is -2.38. The predicted molar refractivity (Wildman–Crippen MR) is 77.4 cm³/mol. The molecule has 0 aromatic heterocycles. The Hall–Kier alpha value is -2.15. The molecule has 1 amide bonds. The van der Waals surface area contributed by atoms with Gasteiger partial charge in [0.25, 0.3) is 11.6 Å². The Morgan fingerprint density at radius 1 is 1.48 bits per heavy atom. The summed E-state index contributed by atoms with van der Waals surface area (Å²) in [4.78, 5) is 22.4. The second kappa shape index (κ2) is 7.58. The third kappa shape index (κ3) is 4.71. The van der Waals surface area contributed by atoms with E-state index in [-0.39, 0.29) is 23.6 Å². The Balaban J connectivity index is 2.99. The Kier molecular flexibility index (Phi) is 6.10. The Labute approximate surface area is 123 Å². The Morgan fingerprint density at radius 2 is 2.14 bits per heavy atom. The zero-order chi connectivity index (χ0) is 16.0. The summed E-state index contributed by atoms with van der Waals surface area (Å²) in [5.74, 6) is 0.0454. The third-order valence-corrected chi connectivity index (χ3v) is 2.95. The van der Waals surface area contributed by atoms with E-state index in [1.54, 1.807) is 0 Å². The van der Waals surface area contributed by atoms with Crippen molar-refractivity contribution in [2.45, 2.75) is 26.3 Å². The average molecular weight is 296 g/mol. The first-order valence-corrected chi connectivity index (χ1v) is 6.63. The van der Waals surface area contributed by atoms with Crippen molar-refractivity contribution in [3.05, 3.63) is 33.9 Å². The van der Waals surface area contributed by atoms with Crippen LogP contribution in [0.4, 0.5) is 5.69 Å². The van der Waals surface area contributed by atoms with Crippen LogP contribution in [0.3, 0.4) is 0 Å². The number of aliphatic hydroxyl groups excluding tert-OH is 1. The van der Waals surface area contributed by atoms with E-state index in [2.05, 4.69) is 5.32 Å². The molecule has 116 valence electrons. The number of rotatable bonds is 7. The first-order chi connectivity index (χ1) is 9.88. The van der Waals surface area contributed by atoms with Gasteiger partial charge in [-0.3, -0.25) is 14.9 Å². The number of benzene rings is 1. The van der Waals surface area contributed by atoms with E-state index in [0.717, 1.165) is 6.07 Å². The smallest absolute Gasteiger partial charge is 0.270 e. The lowest BCUT2D eigenvalue weighted by molar-refractivity contribution is -0.384. The largest absolute Gasteiger partial charge is 0.496 e. The molecular weight excluding hydrogens is 276 g/mol. The van der Waals surface area contributed by atoms with Crippen LogP contribution in [0.1, 0.15) is 30.6 Å². The summed E-state index contributed by atoms with van der Waals surface area (Å²) < 4.78 is 5.05. The minimum Gasteiger partial charge on any atom is -0.496 e. The quantitative estimate of drug-likeness (QED) is 0.589. The first kappa shape index (κ1) is 16.9. The standard InChI is InChI=1S/C14H20N2O5/c1-9(2)6-10(8-17)15-14(18)12-7-11(16(19)20)4-5-13(12)21-3/h4-5,7,9-10,17H,6,8H2,1-3H3,(H,15,18). The molecule has 0 heterocycles. The summed E-state index contributed by atoms with van der Waals surface area (Å²) in [6, 6.07) is 3.41. The number of hydrogen-bond donors (Lipinski definition) is 2. The molecule has 0 spiro atoms. The highest BCUT2D eigenvalue weighted by molar-refractivity contribution is 5.97. The van der Waals surface area contributed by atoms with Crippen molar-refractivity contribution < 1.29 is 19.6 Å². The molecule has 1 aromatic carbocycles. The van der Waals surface area contributed by atoms with E-state index < -0.39 is 16.9 Å². The monoisotopic (exact) mass is 296 g/mol. The van der Waals surface area contributed by atoms with E-state index in [9.17, 15) is 20.0 Å². The number of amides is 1. The number of nitro groups is 1. The average Bonchev–Trinajstić information content (AvgIpc) is 2.44. The number of nitrogens with zero attached hydrogens (tertiary/aromatic N) is 1. The van der Waals surface area contributed by atoms with Crippen LogP contribution in [0.15, 0.2) is 18.2 Å². The molecule has 1 rings (SSSR count). The van der Waals surface area contributed by atoms with Crippen LogP contribution in [-0.2, 0) is 0 Å². The molecule has 1 atom stereocenters. The molecule has 0 saturated heterocycles. The van der Waals surface area contributed by atoms with Gasteiger partial charge in [-0.15, -0.1) is 0 Å². The fourth-order valence-electron chi connectivity index (χ4n) is 2.00. The van der Waals surface area contributed by atoms with Crippen molar-refractivity contribution in [3.8, 4) is 5.75 Å². The van der Waals surface area contributed by atoms with Crippen LogP contribution in [0.5, 0.6) is 5.75 Å². The van der Waals surface area contributed by atoms with Crippen molar-refractivity contribution in [2.75, 3.05) is 13.7 Å². The van der Waals surface area contributed by atoms with Gasteiger partial charge in [-0.1, -0.05) is 13.8 Å². The van der Waals surface area contributed by atoms with Gasteiger partial charge in [0.05, 0.1) is 30.2 Å². The molecule has 0 bridgehead atoms. The third-order valence-electron chi connectivity index (χ3n) is 2.95. The fourth-order valence-corrected chi connectivity index (χ4v) is 2.00. The van der Waals surface area contributed by atoms with E-state index in [1.165, 1.54) is 19.2 Å². The predicted octanol–water partition coefficient (Wildman–Crippen LogP) is 1.74. The van der Waals surface area contributed by atoms with Crippen LogP contribution in [-0.4, -0.2) is 35.7 Å². The van der Waals surface area contributed by atoms with E-state index in [0.29, 0.717) is 12.3 Å². The normalized spacial score (nSPS) is 12.0. The Bertz CT molecular complexity index is 516. The van der Waals surface area contributed by atoms with Gasteiger partial charge in [0.1, 0.15) is 5.75 Å². The maximum atomic E-state index is 12.2. The van der Waals surface area contributed by atoms with Gasteiger partial charge in [-0.25, -0.2) is 0 Å². The van der Waals surface area contributed by atoms with Crippen molar-refractivity contribution >= 4 is 11.6 Å². The van der Waals surface area contributed by atoms with Crippen molar-refractivity contribution in [1.29, 1.82) is 0 Å². The van der Waals surface area contributed by atoms with Gasteiger partial charge < -0.3 is 15.2 Å². The van der Waals surface area contributed by atoms with Gasteiger partial charge in [0.15, 0.2) is 0 Å². The van der Waals surface area contributed by atoms with Crippen LogP contribution in [0, 0.1) is 16.0 Å². The number of non-ortho nitro benzene ring substituents is 1. The summed E-state index contributed by atoms with van der Waals surface area (Å²) >= 11 is 0. The van der Waals surface area contributed by atoms with Crippen molar-refractivity contribution in [1.82, 2.24) is 5.32 Å². The second-order valence-electron chi connectivity index (χ2n) is 5.12. The van der Waals surface area contributed by atoms with Gasteiger partial charge in [0, 0.05) is 12.1 Å². The number of aliphatic hydroxyl groups is 1. The molecule has 0 fully saturated rings. The van der Waals surface area contributed by atoms with E-state index in [1.807, 2.05) is 13.8 Å².